The lowest BCUT2D eigenvalue weighted by Gasteiger charge is -2.08. The van der Waals surface area contributed by atoms with E-state index < -0.39 is 20.9 Å². The molecule has 1 aromatic rings. The highest BCUT2D eigenvalue weighted by molar-refractivity contribution is 7.89. The summed E-state index contributed by atoms with van der Waals surface area (Å²) in [5.41, 5.74) is 4.95. The smallest absolute Gasteiger partial charge is 0.292 e. The minimum absolute atomic E-state index is 0.0394. The number of carbonyl (C=O) groups excluding carboxylic acids is 1. The average Bonchev–Trinajstić information content (AvgIpc) is 2.38. The molecule has 1 aromatic carbocycles. The summed E-state index contributed by atoms with van der Waals surface area (Å²) in [6.07, 6.45) is 0. The molecule has 10 heteroatoms. The van der Waals surface area contributed by atoms with E-state index in [1.807, 2.05) is 0 Å². The molecule has 1 rings (SSSR count). The number of amides is 1. The van der Waals surface area contributed by atoms with E-state index in [1.165, 1.54) is 19.2 Å². The summed E-state index contributed by atoms with van der Waals surface area (Å²) < 4.78 is 24.6. The maximum atomic E-state index is 11.2. The fraction of sp³-hybridized carbons (Fsp3) is 0.300. The highest BCUT2D eigenvalue weighted by Gasteiger charge is 2.16. The third-order valence-electron chi connectivity index (χ3n) is 2.48. The van der Waals surface area contributed by atoms with Gasteiger partial charge in [0.25, 0.3) is 5.69 Å². The van der Waals surface area contributed by atoms with E-state index in [1.54, 1.807) is 0 Å². The second-order valence-corrected chi connectivity index (χ2v) is 5.85. The molecule has 0 spiro atoms. The summed E-state index contributed by atoms with van der Waals surface area (Å²) >= 11 is 0. The van der Waals surface area contributed by atoms with Gasteiger partial charge in [-0.05, 0) is 19.2 Å². The van der Waals surface area contributed by atoms with Crippen molar-refractivity contribution in [1.29, 1.82) is 0 Å². The number of hydrogen-bond donors (Lipinski definition) is 3. The van der Waals surface area contributed by atoms with Gasteiger partial charge in [0, 0.05) is 18.2 Å². The Morgan fingerprint density at radius 3 is 2.60 bits per heavy atom. The number of hydrogen-bond acceptors (Lipinski definition) is 6. The first-order valence-corrected chi connectivity index (χ1v) is 7.15. The van der Waals surface area contributed by atoms with Crippen LogP contribution in [-0.2, 0) is 10.0 Å². The Bertz CT molecular complexity index is 629. The van der Waals surface area contributed by atoms with Crippen molar-refractivity contribution in [3.05, 3.63) is 33.9 Å². The van der Waals surface area contributed by atoms with Gasteiger partial charge in [0.05, 0.1) is 10.7 Å². The summed E-state index contributed by atoms with van der Waals surface area (Å²) in [5, 5.41) is 13.4. The van der Waals surface area contributed by atoms with Crippen LogP contribution in [-0.4, -0.2) is 38.6 Å². The number of rotatable bonds is 7. The van der Waals surface area contributed by atoms with Gasteiger partial charge < -0.3 is 11.1 Å². The normalized spacial score (nSPS) is 11.1. The minimum Gasteiger partial charge on any atom is -0.378 e. The van der Waals surface area contributed by atoms with Crippen molar-refractivity contribution in [3.63, 3.8) is 0 Å². The van der Waals surface area contributed by atoms with Crippen LogP contribution >= 0.6 is 0 Å². The maximum absolute atomic E-state index is 11.2. The Balaban J connectivity index is 2.94. The Kier molecular flexibility index (Phi) is 5.00. The molecule has 0 aliphatic carbocycles. The zero-order valence-corrected chi connectivity index (χ0v) is 11.4. The number of carbonyl (C=O) groups is 1. The second-order valence-electron chi connectivity index (χ2n) is 3.80. The molecular formula is C10H14N4O5S. The summed E-state index contributed by atoms with van der Waals surface area (Å²) in [7, 11) is -2.15. The van der Waals surface area contributed by atoms with Crippen molar-refractivity contribution in [2.45, 2.75) is 0 Å². The van der Waals surface area contributed by atoms with Crippen LogP contribution in [0.15, 0.2) is 18.2 Å². The Morgan fingerprint density at radius 1 is 1.45 bits per heavy atom. The Hall–Kier alpha value is -2.20. The monoisotopic (exact) mass is 302 g/mol. The number of nitrogens with zero attached hydrogens (tertiary/aromatic N) is 1. The van der Waals surface area contributed by atoms with Gasteiger partial charge in [-0.15, -0.1) is 0 Å². The molecule has 0 aliphatic rings. The van der Waals surface area contributed by atoms with Gasteiger partial charge in [0.1, 0.15) is 5.69 Å². The number of anilines is 1. The van der Waals surface area contributed by atoms with Gasteiger partial charge in [-0.2, -0.15) is 0 Å². The first-order chi connectivity index (χ1) is 9.26. The largest absolute Gasteiger partial charge is 0.378 e. The average molecular weight is 302 g/mol. The lowest BCUT2D eigenvalue weighted by Crippen LogP contribution is -2.26. The van der Waals surface area contributed by atoms with Crippen LogP contribution in [0.1, 0.15) is 10.4 Å². The Labute approximate surface area is 115 Å². The van der Waals surface area contributed by atoms with Crippen molar-refractivity contribution < 1.29 is 18.1 Å². The van der Waals surface area contributed by atoms with E-state index in [2.05, 4.69) is 10.0 Å². The van der Waals surface area contributed by atoms with Crippen LogP contribution in [0.3, 0.4) is 0 Å². The van der Waals surface area contributed by atoms with Gasteiger partial charge in [0.15, 0.2) is 0 Å². The third kappa shape index (κ3) is 4.17. The number of nitro groups is 1. The van der Waals surface area contributed by atoms with Gasteiger partial charge >= 0.3 is 0 Å². The number of nitrogens with one attached hydrogen (secondary N) is 2. The summed E-state index contributed by atoms with van der Waals surface area (Å²) in [6.45, 7) is -0.0494. The van der Waals surface area contributed by atoms with Crippen molar-refractivity contribution >= 4 is 27.3 Å². The molecule has 0 aromatic heterocycles. The van der Waals surface area contributed by atoms with Crippen LogP contribution in [0.5, 0.6) is 0 Å². The molecule has 9 nitrogen and oxygen atoms in total. The number of primary amides is 1. The van der Waals surface area contributed by atoms with Gasteiger partial charge in [-0.3, -0.25) is 14.9 Å². The summed E-state index contributed by atoms with van der Waals surface area (Å²) in [4.78, 5) is 21.2. The number of nitro benzene ring substituents is 1. The molecule has 0 atom stereocenters. The topological polar surface area (TPSA) is 144 Å². The predicted molar refractivity (Wildman–Crippen MR) is 73.0 cm³/mol. The fourth-order valence-electron chi connectivity index (χ4n) is 1.41. The van der Waals surface area contributed by atoms with E-state index in [0.29, 0.717) is 0 Å². The van der Waals surface area contributed by atoms with E-state index >= 15 is 0 Å². The van der Waals surface area contributed by atoms with Crippen LogP contribution in [0.2, 0.25) is 0 Å². The third-order valence-corrected chi connectivity index (χ3v) is 3.84. The van der Waals surface area contributed by atoms with E-state index in [-0.39, 0.29) is 29.2 Å². The molecule has 0 unspecified atom stereocenters. The van der Waals surface area contributed by atoms with Crippen molar-refractivity contribution in [2.24, 2.45) is 5.73 Å². The molecule has 0 saturated carbocycles. The highest BCUT2D eigenvalue weighted by Crippen LogP contribution is 2.25. The van der Waals surface area contributed by atoms with E-state index in [9.17, 15) is 23.3 Å². The first kappa shape index (κ1) is 15.9. The fourth-order valence-corrected chi connectivity index (χ4v) is 1.99. The van der Waals surface area contributed by atoms with Crippen LogP contribution in [0, 0.1) is 10.1 Å². The molecule has 20 heavy (non-hydrogen) atoms. The van der Waals surface area contributed by atoms with Crippen LogP contribution in [0.4, 0.5) is 11.4 Å². The molecule has 0 fully saturated rings. The number of sulfonamides is 1. The molecule has 110 valence electrons. The van der Waals surface area contributed by atoms with Gasteiger partial charge in [0.2, 0.25) is 15.9 Å². The first-order valence-electron chi connectivity index (χ1n) is 5.50. The summed E-state index contributed by atoms with van der Waals surface area (Å²) in [5.74, 6) is -0.993. The molecule has 1 amide bonds. The molecule has 0 radical (unpaired) electrons. The van der Waals surface area contributed by atoms with Crippen molar-refractivity contribution in [2.75, 3.05) is 24.7 Å². The molecule has 0 bridgehead atoms. The minimum atomic E-state index is -3.42. The second kappa shape index (κ2) is 6.30. The zero-order chi connectivity index (χ0) is 15.3. The zero-order valence-electron chi connectivity index (χ0n) is 10.6. The molecule has 0 aliphatic heterocycles. The SMILES string of the molecule is CNS(=O)(=O)CCNc1cc(C(N)=O)ccc1[N+](=O)[O-]. The predicted octanol–water partition coefficient (Wildman–Crippen LogP) is -0.345. The molecule has 4 N–H and O–H groups in total. The molecule has 0 saturated heterocycles. The lowest BCUT2D eigenvalue weighted by atomic mass is 10.1. The molecule has 0 heterocycles. The van der Waals surface area contributed by atoms with Gasteiger partial charge in [-0.1, -0.05) is 0 Å². The quantitative estimate of drug-likeness (QED) is 0.464. The maximum Gasteiger partial charge on any atom is 0.292 e. The van der Waals surface area contributed by atoms with Crippen LogP contribution in [0.25, 0.3) is 0 Å². The number of nitrogens with two attached hydrogens (primary N) is 1. The van der Waals surface area contributed by atoms with E-state index in [0.717, 1.165) is 6.07 Å². The van der Waals surface area contributed by atoms with Crippen molar-refractivity contribution in [1.82, 2.24) is 4.72 Å². The lowest BCUT2D eigenvalue weighted by molar-refractivity contribution is -0.384. The standard InChI is InChI=1S/C10H14N4O5S/c1-12-20(18,19)5-4-13-8-6-7(10(11)15)2-3-9(8)14(16)17/h2-3,6,12-13H,4-5H2,1H3,(H2,11,15). The molecular weight excluding hydrogens is 288 g/mol. The highest BCUT2D eigenvalue weighted by atomic mass is 32.2. The number of benzene rings is 1. The van der Waals surface area contributed by atoms with Crippen molar-refractivity contribution in [3.8, 4) is 0 Å². The Morgan fingerprint density at radius 2 is 2.10 bits per heavy atom. The van der Waals surface area contributed by atoms with E-state index in [4.69, 9.17) is 5.73 Å². The summed E-state index contributed by atoms with van der Waals surface area (Å²) in [6, 6.07) is 3.58. The van der Waals surface area contributed by atoms with Crippen LogP contribution < -0.4 is 15.8 Å². The van der Waals surface area contributed by atoms with Gasteiger partial charge in [-0.25, -0.2) is 13.1 Å².